The van der Waals surface area contributed by atoms with E-state index in [-0.39, 0.29) is 30.2 Å². The van der Waals surface area contributed by atoms with Gasteiger partial charge < -0.3 is 14.8 Å². The number of hydrogen-bond donors (Lipinski definition) is 1. The fourth-order valence-electron chi connectivity index (χ4n) is 6.42. The van der Waals surface area contributed by atoms with E-state index in [4.69, 9.17) is 0 Å². The first-order valence-electron chi connectivity index (χ1n) is 15.1. The number of likely N-dealkylation sites (N-methyl/N-ethyl adjacent to an activating group) is 1. The summed E-state index contributed by atoms with van der Waals surface area (Å²) in [6.07, 6.45) is 6.05. The predicted molar refractivity (Wildman–Crippen MR) is 171 cm³/mol. The van der Waals surface area contributed by atoms with Crippen molar-refractivity contribution in [3.8, 4) is 5.69 Å². The lowest BCUT2D eigenvalue weighted by Crippen LogP contribution is -2.44. The van der Waals surface area contributed by atoms with E-state index in [2.05, 4.69) is 15.2 Å². The Labute approximate surface area is 259 Å². The molecule has 45 heavy (non-hydrogen) atoms. The lowest BCUT2D eigenvalue weighted by Gasteiger charge is -2.29. The van der Waals surface area contributed by atoms with Crippen molar-refractivity contribution in [1.82, 2.24) is 29.6 Å². The maximum atomic E-state index is 13.4. The molecule has 0 atom stereocenters. The average Bonchev–Trinajstić information content (AvgIpc) is 3.60. The smallest absolute Gasteiger partial charge is 0.261 e. The van der Waals surface area contributed by atoms with Gasteiger partial charge in [0.25, 0.3) is 23.6 Å². The summed E-state index contributed by atoms with van der Waals surface area (Å²) in [6, 6.07) is 20.3. The first-order chi connectivity index (χ1) is 21.9. The van der Waals surface area contributed by atoms with Gasteiger partial charge >= 0.3 is 0 Å². The van der Waals surface area contributed by atoms with Crippen LogP contribution in [0.5, 0.6) is 0 Å². The van der Waals surface area contributed by atoms with Crippen LogP contribution in [-0.4, -0.2) is 94.2 Å². The highest BCUT2D eigenvalue weighted by Gasteiger charge is 2.34. The SMILES string of the molecule is CN(CCCNCCN1C(=O)c2cccc3c(-n4ccnc4)ccc(c23)C1=O)CCN1C(=O)c2cccc3cccc(c23)C1=O. The van der Waals surface area contributed by atoms with Gasteiger partial charge in [-0.05, 0) is 62.3 Å². The molecule has 0 radical (unpaired) electrons. The quantitative estimate of drug-likeness (QED) is 0.181. The van der Waals surface area contributed by atoms with Gasteiger partial charge in [0.2, 0.25) is 0 Å². The topological polar surface area (TPSA) is 108 Å². The summed E-state index contributed by atoms with van der Waals surface area (Å²) in [7, 11) is 1.97. The van der Waals surface area contributed by atoms with Crippen molar-refractivity contribution in [3.05, 3.63) is 108 Å². The summed E-state index contributed by atoms with van der Waals surface area (Å²) in [6.45, 7) is 3.05. The fourth-order valence-corrected chi connectivity index (χ4v) is 6.42. The third kappa shape index (κ3) is 4.98. The van der Waals surface area contributed by atoms with Gasteiger partial charge in [-0.1, -0.05) is 36.4 Å². The zero-order chi connectivity index (χ0) is 31.1. The number of nitrogens with one attached hydrogen (secondary N) is 1. The normalized spacial score (nSPS) is 14.4. The lowest BCUT2D eigenvalue weighted by molar-refractivity contribution is 0.0589. The number of nitrogens with zero attached hydrogens (tertiary/aromatic N) is 5. The molecule has 0 bridgehead atoms. The molecule has 7 rings (SSSR count). The monoisotopic (exact) mass is 600 g/mol. The molecule has 4 amide bonds. The first-order valence-corrected chi connectivity index (χ1v) is 15.1. The van der Waals surface area contributed by atoms with E-state index in [9.17, 15) is 19.2 Å². The van der Waals surface area contributed by atoms with E-state index in [1.165, 1.54) is 9.80 Å². The minimum atomic E-state index is -0.289. The van der Waals surface area contributed by atoms with E-state index >= 15 is 0 Å². The number of rotatable bonds is 11. The zero-order valence-electron chi connectivity index (χ0n) is 24.9. The Morgan fingerprint density at radius 1 is 0.689 bits per heavy atom. The van der Waals surface area contributed by atoms with Crippen LogP contribution in [0, 0.1) is 0 Å². The second-order valence-electron chi connectivity index (χ2n) is 11.5. The third-order valence-corrected chi connectivity index (χ3v) is 8.72. The van der Waals surface area contributed by atoms with Gasteiger partial charge in [-0.25, -0.2) is 4.98 Å². The highest BCUT2D eigenvalue weighted by Crippen LogP contribution is 2.34. The standard InChI is InChI=1S/C35H32N6O4/c1-38(20-21-41-32(42)25-9-2-6-23-7-3-10-26(30(23)25)33(41)43)17-5-14-36-16-19-40-34(44)27-11-4-8-24-29(39-18-15-37-22-39)13-12-28(31(24)27)35(40)45/h2-4,6-13,15,18,22,36H,5,14,16-17,19-21H2,1H3. The summed E-state index contributed by atoms with van der Waals surface area (Å²) in [4.78, 5) is 61.9. The van der Waals surface area contributed by atoms with Gasteiger partial charge in [0, 0.05) is 77.0 Å². The molecule has 0 unspecified atom stereocenters. The van der Waals surface area contributed by atoms with Crippen LogP contribution in [0.3, 0.4) is 0 Å². The molecule has 0 fully saturated rings. The van der Waals surface area contributed by atoms with Crippen molar-refractivity contribution in [2.24, 2.45) is 0 Å². The molecule has 226 valence electrons. The number of carbonyl (C=O) groups is 4. The van der Waals surface area contributed by atoms with Gasteiger partial charge in [0.05, 0.1) is 12.0 Å². The Morgan fingerprint density at radius 3 is 1.98 bits per heavy atom. The van der Waals surface area contributed by atoms with Crippen LogP contribution in [0.25, 0.3) is 27.2 Å². The Hall–Kier alpha value is -5.19. The first kappa shape index (κ1) is 28.6. The summed E-state index contributed by atoms with van der Waals surface area (Å²) in [5.74, 6) is -1.08. The van der Waals surface area contributed by atoms with Crippen molar-refractivity contribution < 1.29 is 19.2 Å². The van der Waals surface area contributed by atoms with Crippen LogP contribution in [0.1, 0.15) is 47.9 Å². The van der Waals surface area contributed by atoms with Gasteiger partial charge in [0.15, 0.2) is 0 Å². The van der Waals surface area contributed by atoms with Gasteiger partial charge in [-0.15, -0.1) is 0 Å². The minimum absolute atomic E-state index is 0.251. The molecule has 2 aliphatic rings. The molecule has 0 spiro atoms. The highest BCUT2D eigenvalue weighted by atomic mass is 16.2. The minimum Gasteiger partial charge on any atom is -0.315 e. The Kier molecular flexibility index (Phi) is 7.44. The molecule has 3 heterocycles. The number of imide groups is 2. The van der Waals surface area contributed by atoms with Crippen molar-refractivity contribution in [1.29, 1.82) is 0 Å². The average molecular weight is 601 g/mol. The van der Waals surface area contributed by atoms with E-state index in [1.54, 1.807) is 36.8 Å². The molecule has 10 heteroatoms. The number of hydrogen-bond acceptors (Lipinski definition) is 7. The maximum absolute atomic E-state index is 13.4. The molecule has 5 aromatic rings. The van der Waals surface area contributed by atoms with Gasteiger partial charge in [0.1, 0.15) is 0 Å². The van der Waals surface area contributed by atoms with E-state index in [0.29, 0.717) is 53.8 Å². The summed E-state index contributed by atoms with van der Waals surface area (Å²) < 4.78 is 1.87. The molecule has 10 nitrogen and oxygen atoms in total. The summed E-state index contributed by atoms with van der Waals surface area (Å²) >= 11 is 0. The number of imidazole rings is 1. The van der Waals surface area contributed by atoms with Gasteiger partial charge in [-0.3, -0.25) is 29.0 Å². The number of benzene rings is 4. The highest BCUT2D eigenvalue weighted by molar-refractivity contribution is 6.27. The second kappa shape index (κ2) is 11.7. The third-order valence-electron chi connectivity index (χ3n) is 8.72. The van der Waals surface area contributed by atoms with Crippen LogP contribution < -0.4 is 5.32 Å². The molecular weight excluding hydrogens is 568 g/mol. The number of carbonyl (C=O) groups excluding carboxylic acids is 4. The number of amides is 4. The van der Waals surface area contributed by atoms with Crippen molar-refractivity contribution in [3.63, 3.8) is 0 Å². The van der Waals surface area contributed by atoms with Gasteiger partial charge in [-0.2, -0.15) is 0 Å². The van der Waals surface area contributed by atoms with Crippen molar-refractivity contribution in [2.45, 2.75) is 6.42 Å². The lowest BCUT2D eigenvalue weighted by atomic mass is 9.93. The molecule has 4 aromatic carbocycles. The summed E-state index contributed by atoms with van der Waals surface area (Å²) in [5.41, 5.74) is 3.05. The zero-order valence-corrected chi connectivity index (χ0v) is 24.9. The van der Waals surface area contributed by atoms with Crippen molar-refractivity contribution in [2.75, 3.05) is 46.3 Å². The Balaban J connectivity index is 0.897. The number of aromatic nitrogens is 2. The second-order valence-corrected chi connectivity index (χ2v) is 11.5. The van der Waals surface area contributed by atoms with E-state index in [1.807, 2.05) is 60.3 Å². The molecule has 0 aliphatic carbocycles. The van der Waals surface area contributed by atoms with E-state index < -0.39 is 0 Å². The molecular formula is C35H32N6O4. The molecule has 2 aliphatic heterocycles. The molecule has 0 saturated heterocycles. The van der Waals surface area contributed by atoms with Crippen LogP contribution in [0.15, 0.2) is 85.5 Å². The fraction of sp³-hybridized carbons (Fsp3) is 0.229. The molecule has 1 N–H and O–H groups in total. The van der Waals surface area contributed by atoms with Crippen LogP contribution >= 0.6 is 0 Å². The van der Waals surface area contributed by atoms with Crippen LogP contribution in [0.2, 0.25) is 0 Å². The summed E-state index contributed by atoms with van der Waals surface area (Å²) in [5, 5.41) is 6.49. The van der Waals surface area contributed by atoms with E-state index in [0.717, 1.165) is 34.8 Å². The maximum Gasteiger partial charge on any atom is 0.261 e. The Morgan fingerprint density at radius 2 is 1.31 bits per heavy atom. The van der Waals surface area contributed by atoms with Crippen LogP contribution in [-0.2, 0) is 0 Å². The Bertz CT molecular complexity index is 1910. The van der Waals surface area contributed by atoms with Crippen LogP contribution in [0.4, 0.5) is 0 Å². The largest absolute Gasteiger partial charge is 0.315 e. The molecule has 1 aromatic heterocycles. The predicted octanol–water partition coefficient (Wildman–Crippen LogP) is 3.98. The molecule has 0 saturated carbocycles. The van der Waals surface area contributed by atoms with Crippen molar-refractivity contribution >= 4 is 45.2 Å².